The summed E-state index contributed by atoms with van der Waals surface area (Å²) in [5.74, 6) is 0. The Balaban J connectivity index is 2.43. The minimum absolute atomic E-state index is 1.05. The Morgan fingerprint density at radius 2 is 1.72 bits per heavy atom. The van der Waals surface area contributed by atoms with Crippen LogP contribution in [0.2, 0.25) is 0 Å². The molecule has 0 aliphatic heterocycles. The molecule has 90 valence electrons. The van der Waals surface area contributed by atoms with E-state index in [1.165, 1.54) is 44.5 Å². The number of benzene rings is 2. The van der Waals surface area contributed by atoms with Crippen molar-refractivity contribution in [3.63, 3.8) is 0 Å². The monoisotopic (exact) mass is 234 g/mol. The van der Waals surface area contributed by atoms with E-state index in [2.05, 4.69) is 51.6 Å². The third kappa shape index (κ3) is 1.32. The van der Waals surface area contributed by atoms with E-state index in [0.717, 1.165) is 6.42 Å². The zero-order valence-electron chi connectivity index (χ0n) is 11.3. The van der Waals surface area contributed by atoms with Crippen LogP contribution in [-0.4, -0.2) is 0 Å². The number of hydrogen-bond acceptors (Lipinski definition) is 0. The van der Waals surface area contributed by atoms with Gasteiger partial charge in [0.2, 0.25) is 0 Å². The molecule has 1 aliphatic rings. The average Bonchev–Trinajstić information content (AvgIpc) is 2.76. The lowest BCUT2D eigenvalue weighted by Gasteiger charge is -2.16. The summed E-state index contributed by atoms with van der Waals surface area (Å²) in [7, 11) is 0. The van der Waals surface area contributed by atoms with E-state index < -0.39 is 0 Å². The van der Waals surface area contributed by atoms with E-state index in [1.807, 2.05) is 6.08 Å². The van der Waals surface area contributed by atoms with Crippen LogP contribution in [0.1, 0.15) is 33.4 Å². The Bertz CT molecular complexity index is 660. The summed E-state index contributed by atoms with van der Waals surface area (Å²) in [4.78, 5) is 0. The number of rotatable bonds is 1. The van der Waals surface area contributed by atoms with Crippen LogP contribution in [0.25, 0.3) is 17.2 Å². The van der Waals surface area contributed by atoms with Gasteiger partial charge in [-0.15, -0.1) is 0 Å². The number of fused-ring (bicyclic) bond motifs is 3. The van der Waals surface area contributed by atoms with Gasteiger partial charge in [-0.1, -0.05) is 36.9 Å². The van der Waals surface area contributed by atoms with Gasteiger partial charge in [0.05, 0.1) is 0 Å². The highest BCUT2D eigenvalue weighted by molar-refractivity contribution is 5.85. The van der Waals surface area contributed by atoms with Crippen molar-refractivity contribution < 1.29 is 0 Å². The summed E-state index contributed by atoms with van der Waals surface area (Å²) in [5, 5.41) is 0. The Labute approximate surface area is 109 Å². The lowest BCUT2D eigenvalue weighted by atomic mass is 9.88. The zero-order valence-corrected chi connectivity index (χ0v) is 11.3. The predicted octanol–water partition coefficient (Wildman–Crippen LogP) is 4.83. The fraction of sp³-hybridized carbons (Fsp3) is 0.222. The molecule has 18 heavy (non-hydrogen) atoms. The van der Waals surface area contributed by atoms with E-state index in [-0.39, 0.29) is 0 Å². The normalized spacial score (nSPS) is 12.2. The molecule has 2 aromatic carbocycles. The molecule has 0 saturated heterocycles. The molecule has 0 unspecified atom stereocenters. The van der Waals surface area contributed by atoms with Crippen molar-refractivity contribution in [2.45, 2.75) is 27.2 Å². The Hall–Kier alpha value is -1.82. The fourth-order valence-electron chi connectivity index (χ4n) is 3.19. The van der Waals surface area contributed by atoms with Gasteiger partial charge in [0.1, 0.15) is 0 Å². The first-order valence-corrected chi connectivity index (χ1v) is 6.48. The highest BCUT2D eigenvalue weighted by Gasteiger charge is 2.24. The van der Waals surface area contributed by atoms with Crippen molar-refractivity contribution in [2.24, 2.45) is 0 Å². The van der Waals surface area contributed by atoms with Crippen molar-refractivity contribution in [1.29, 1.82) is 0 Å². The van der Waals surface area contributed by atoms with Crippen LogP contribution in [-0.2, 0) is 6.42 Å². The molecule has 0 atom stereocenters. The van der Waals surface area contributed by atoms with Crippen molar-refractivity contribution in [3.05, 3.63) is 64.2 Å². The molecule has 0 radical (unpaired) electrons. The molecule has 0 fully saturated rings. The van der Waals surface area contributed by atoms with Crippen LogP contribution in [0.4, 0.5) is 0 Å². The second kappa shape index (κ2) is 3.84. The number of hydrogen-bond donors (Lipinski definition) is 0. The van der Waals surface area contributed by atoms with E-state index in [0.29, 0.717) is 0 Å². The molecule has 2 aromatic rings. The maximum absolute atomic E-state index is 4.00. The zero-order chi connectivity index (χ0) is 12.9. The van der Waals surface area contributed by atoms with Gasteiger partial charge in [-0.25, -0.2) is 0 Å². The molecule has 3 rings (SSSR count). The molecular formula is C18H18. The Morgan fingerprint density at radius 1 is 1.00 bits per heavy atom. The van der Waals surface area contributed by atoms with Crippen LogP contribution in [0, 0.1) is 20.8 Å². The van der Waals surface area contributed by atoms with E-state index in [4.69, 9.17) is 0 Å². The first kappa shape index (κ1) is 11.3. The molecule has 0 saturated carbocycles. The Morgan fingerprint density at radius 3 is 2.44 bits per heavy atom. The SMILES string of the molecule is C=Cc1c(C)c(C)c(C)c2c1Cc1ccccc1-2. The summed E-state index contributed by atoms with van der Waals surface area (Å²) < 4.78 is 0. The van der Waals surface area contributed by atoms with Crippen LogP contribution in [0.15, 0.2) is 30.8 Å². The molecule has 0 spiro atoms. The quantitative estimate of drug-likeness (QED) is 0.566. The van der Waals surface area contributed by atoms with Crippen LogP contribution >= 0.6 is 0 Å². The largest absolute Gasteiger partial charge is 0.0984 e. The van der Waals surface area contributed by atoms with Gasteiger partial charge in [-0.05, 0) is 71.7 Å². The van der Waals surface area contributed by atoms with Gasteiger partial charge in [0.25, 0.3) is 0 Å². The van der Waals surface area contributed by atoms with Crippen molar-refractivity contribution >= 4 is 6.08 Å². The van der Waals surface area contributed by atoms with Gasteiger partial charge in [-0.2, -0.15) is 0 Å². The molecule has 0 heteroatoms. The van der Waals surface area contributed by atoms with Crippen molar-refractivity contribution in [1.82, 2.24) is 0 Å². The standard InChI is InChI=1S/C18H18/c1-5-15-12(3)11(2)13(4)18-16-9-7-6-8-14(16)10-17(15)18/h5-9H,1,10H2,2-4H3. The molecule has 0 amide bonds. The first-order chi connectivity index (χ1) is 8.65. The summed E-state index contributed by atoms with van der Waals surface area (Å²) in [6.07, 6.45) is 3.07. The van der Waals surface area contributed by atoms with Gasteiger partial charge in [0, 0.05) is 0 Å². The third-order valence-electron chi connectivity index (χ3n) is 4.39. The van der Waals surface area contributed by atoms with Gasteiger partial charge in [0.15, 0.2) is 0 Å². The summed E-state index contributed by atoms with van der Waals surface area (Å²) in [5.41, 5.74) is 11.3. The molecule has 0 nitrogen and oxygen atoms in total. The van der Waals surface area contributed by atoms with Gasteiger partial charge >= 0.3 is 0 Å². The van der Waals surface area contributed by atoms with Gasteiger partial charge < -0.3 is 0 Å². The topological polar surface area (TPSA) is 0 Å². The predicted molar refractivity (Wildman–Crippen MR) is 79.0 cm³/mol. The molecule has 0 N–H and O–H groups in total. The van der Waals surface area contributed by atoms with Gasteiger partial charge in [-0.3, -0.25) is 0 Å². The summed E-state index contributed by atoms with van der Waals surface area (Å²) in [6, 6.07) is 8.76. The fourth-order valence-corrected chi connectivity index (χ4v) is 3.19. The first-order valence-electron chi connectivity index (χ1n) is 6.48. The second-order valence-electron chi connectivity index (χ2n) is 5.18. The maximum Gasteiger partial charge on any atom is -0.000730 e. The van der Waals surface area contributed by atoms with E-state index >= 15 is 0 Å². The third-order valence-corrected chi connectivity index (χ3v) is 4.39. The van der Waals surface area contributed by atoms with E-state index in [1.54, 1.807) is 0 Å². The molecular weight excluding hydrogens is 216 g/mol. The van der Waals surface area contributed by atoms with E-state index in [9.17, 15) is 0 Å². The summed E-state index contributed by atoms with van der Waals surface area (Å²) >= 11 is 0. The van der Waals surface area contributed by atoms with Crippen molar-refractivity contribution in [2.75, 3.05) is 0 Å². The maximum atomic E-state index is 4.00. The smallest absolute Gasteiger partial charge is 0.000730 e. The average molecular weight is 234 g/mol. The highest BCUT2D eigenvalue weighted by atomic mass is 14.3. The molecule has 0 heterocycles. The van der Waals surface area contributed by atoms with Crippen LogP contribution < -0.4 is 0 Å². The molecule has 0 aromatic heterocycles. The minimum atomic E-state index is 1.05. The van der Waals surface area contributed by atoms with Crippen molar-refractivity contribution in [3.8, 4) is 11.1 Å². The molecule has 1 aliphatic carbocycles. The van der Waals surface area contributed by atoms with Crippen LogP contribution in [0.3, 0.4) is 0 Å². The Kier molecular flexibility index (Phi) is 2.41. The lowest BCUT2D eigenvalue weighted by Crippen LogP contribution is -1.98. The lowest BCUT2D eigenvalue weighted by molar-refractivity contribution is 1.19. The second-order valence-corrected chi connectivity index (χ2v) is 5.18. The highest BCUT2D eigenvalue weighted by Crippen LogP contribution is 2.43. The minimum Gasteiger partial charge on any atom is -0.0984 e. The molecule has 0 bridgehead atoms. The summed E-state index contributed by atoms with van der Waals surface area (Å²) in [6.45, 7) is 10.7. The van der Waals surface area contributed by atoms with Crippen LogP contribution in [0.5, 0.6) is 0 Å².